The van der Waals surface area contributed by atoms with Crippen LogP contribution in [0.15, 0.2) is 36.7 Å². The Bertz CT molecular complexity index is 474. The topological polar surface area (TPSA) is 44.2 Å². The second-order valence-corrected chi connectivity index (χ2v) is 3.28. The van der Waals surface area contributed by atoms with E-state index in [2.05, 4.69) is 9.97 Å². The van der Waals surface area contributed by atoms with Crippen molar-refractivity contribution in [3.05, 3.63) is 41.9 Å². The lowest BCUT2D eigenvalue weighted by Gasteiger charge is -2.08. The third-order valence-corrected chi connectivity index (χ3v) is 2.09. The predicted octanol–water partition coefficient (Wildman–Crippen LogP) is 2.93. The first-order valence-electron chi connectivity index (χ1n) is 4.58. The second kappa shape index (κ2) is 4.81. The Kier molecular flexibility index (Phi) is 3.22. The molecule has 1 aromatic carbocycles. The molecule has 1 heterocycles. The normalized spacial score (nSPS) is 9.88. The van der Waals surface area contributed by atoms with Gasteiger partial charge in [0.05, 0.1) is 19.5 Å². The van der Waals surface area contributed by atoms with Gasteiger partial charge in [-0.15, -0.1) is 0 Å². The highest BCUT2D eigenvalue weighted by molar-refractivity contribution is 6.28. The van der Waals surface area contributed by atoms with E-state index in [1.165, 1.54) is 12.4 Å². The minimum atomic E-state index is 0.187. The van der Waals surface area contributed by atoms with Gasteiger partial charge in [0.25, 0.3) is 0 Å². The first-order valence-corrected chi connectivity index (χ1v) is 4.96. The lowest BCUT2D eigenvalue weighted by Crippen LogP contribution is -1.91. The minimum Gasteiger partial charge on any atom is -0.493 e. The predicted molar refractivity (Wildman–Crippen MR) is 60.1 cm³/mol. The number of methoxy groups -OCH3 is 1. The fourth-order valence-corrected chi connectivity index (χ4v) is 1.28. The molecule has 0 N–H and O–H groups in total. The molecule has 2 rings (SSSR count). The highest BCUT2D eigenvalue weighted by Crippen LogP contribution is 2.30. The van der Waals surface area contributed by atoms with Crippen molar-refractivity contribution in [2.45, 2.75) is 0 Å². The van der Waals surface area contributed by atoms with E-state index in [0.29, 0.717) is 17.2 Å². The SMILES string of the molecule is COc1ccccc1Oc1cnc(Cl)nc1. The number of hydrogen-bond acceptors (Lipinski definition) is 4. The summed E-state index contributed by atoms with van der Waals surface area (Å²) in [5.41, 5.74) is 0. The van der Waals surface area contributed by atoms with Crippen molar-refractivity contribution in [1.82, 2.24) is 9.97 Å². The van der Waals surface area contributed by atoms with Gasteiger partial charge < -0.3 is 9.47 Å². The number of benzene rings is 1. The Morgan fingerprint density at radius 2 is 1.69 bits per heavy atom. The average Bonchev–Trinajstić information content (AvgIpc) is 2.33. The van der Waals surface area contributed by atoms with Gasteiger partial charge in [0, 0.05) is 0 Å². The van der Waals surface area contributed by atoms with Crippen LogP contribution in [-0.2, 0) is 0 Å². The molecule has 1 aromatic heterocycles. The molecule has 0 fully saturated rings. The van der Waals surface area contributed by atoms with E-state index in [0.717, 1.165) is 0 Å². The van der Waals surface area contributed by atoms with Crippen LogP contribution in [0.4, 0.5) is 0 Å². The number of nitrogens with zero attached hydrogens (tertiary/aromatic N) is 2. The van der Waals surface area contributed by atoms with E-state index in [-0.39, 0.29) is 5.28 Å². The van der Waals surface area contributed by atoms with E-state index in [4.69, 9.17) is 21.1 Å². The lowest BCUT2D eigenvalue weighted by atomic mass is 10.3. The van der Waals surface area contributed by atoms with Crippen LogP contribution in [0.25, 0.3) is 0 Å². The number of para-hydroxylation sites is 2. The molecule has 0 atom stereocenters. The van der Waals surface area contributed by atoms with Gasteiger partial charge in [-0.25, -0.2) is 9.97 Å². The molecule has 0 spiro atoms. The van der Waals surface area contributed by atoms with Gasteiger partial charge >= 0.3 is 0 Å². The molecule has 0 radical (unpaired) electrons. The second-order valence-electron chi connectivity index (χ2n) is 2.94. The molecule has 4 nitrogen and oxygen atoms in total. The van der Waals surface area contributed by atoms with E-state index in [1.54, 1.807) is 13.2 Å². The van der Waals surface area contributed by atoms with Crippen LogP contribution in [0.3, 0.4) is 0 Å². The summed E-state index contributed by atoms with van der Waals surface area (Å²) >= 11 is 5.57. The van der Waals surface area contributed by atoms with E-state index in [1.807, 2.05) is 18.2 Å². The Labute approximate surface area is 97.8 Å². The third-order valence-electron chi connectivity index (χ3n) is 1.89. The third kappa shape index (κ3) is 2.41. The summed E-state index contributed by atoms with van der Waals surface area (Å²) in [5.74, 6) is 1.77. The summed E-state index contributed by atoms with van der Waals surface area (Å²) in [6.07, 6.45) is 3.00. The number of aromatic nitrogens is 2. The minimum absolute atomic E-state index is 0.187. The quantitative estimate of drug-likeness (QED) is 0.769. The molecule has 0 amide bonds. The van der Waals surface area contributed by atoms with Gasteiger partial charge in [-0.1, -0.05) is 12.1 Å². The average molecular weight is 237 g/mol. The van der Waals surface area contributed by atoms with Gasteiger partial charge in [0.2, 0.25) is 5.28 Å². The van der Waals surface area contributed by atoms with Crippen molar-refractivity contribution in [2.75, 3.05) is 7.11 Å². The molecule has 0 bridgehead atoms. The fourth-order valence-electron chi connectivity index (χ4n) is 1.18. The van der Waals surface area contributed by atoms with Gasteiger partial charge in [0.15, 0.2) is 17.2 Å². The lowest BCUT2D eigenvalue weighted by molar-refractivity contribution is 0.378. The largest absolute Gasteiger partial charge is 0.493 e. The Morgan fingerprint density at radius 1 is 1.06 bits per heavy atom. The van der Waals surface area contributed by atoms with Crippen LogP contribution in [0.2, 0.25) is 5.28 Å². The van der Waals surface area contributed by atoms with E-state index in [9.17, 15) is 0 Å². The van der Waals surface area contributed by atoms with Crippen molar-refractivity contribution >= 4 is 11.6 Å². The molecule has 16 heavy (non-hydrogen) atoms. The Morgan fingerprint density at radius 3 is 2.31 bits per heavy atom. The van der Waals surface area contributed by atoms with Gasteiger partial charge in [-0.05, 0) is 23.7 Å². The molecule has 0 unspecified atom stereocenters. The van der Waals surface area contributed by atoms with Crippen LogP contribution in [0.5, 0.6) is 17.2 Å². The Balaban J connectivity index is 2.23. The fraction of sp³-hybridized carbons (Fsp3) is 0.0909. The zero-order valence-electron chi connectivity index (χ0n) is 8.55. The molecule has 5 heteroatoms. The molecule has 0 aliphatic rings. The van der Waals surface area contributed by atoms with Crippen LogP contribution in [0, 0.1) is 0 Å². The number of hydrogen-bond donors (Lipinski definition) is 0. The highest BCUT2D eigenvalue weighted by Gasteiger charge is 2.04. The summed E-state index contributed by atoms with van der Waals surface area (Å²) in [6, 6.07) is 7.33. The van der Waals surface area contributed by atoms with Crippen LogP contribution in [0.1, 0.15) is 0 Å². The summed E-state index contributed by atoms with van der Waals surface area (Å²) in [4.78, 5) is 7.64. The first-order chi connectivity index (χ1) is 7.79. The van der Waals surface area contributed by atoms with Crippen molar-refractivity contribution in [1.29, 1.82) is 0 Å². The van der Waals surface area contributed by atoms with E-state index < -0.39 is 0 Å². The molecular formula is C11H9ClN2O2. The molecule has 2 aromatic rings. The monoisotopic (exact) mass is 236 g/mol. The maximum absolute atomic E-state index is 5.57. The van der Waals surface area contributed by atoms with Crippen LogP contribution in [-0.4, -0.2) is 17.1 Å². The maximum Gasteiger partial charge on any atom is 0.222 e. The summed E-state index contributed by atoms with van der Waals surface area (Å²) in [6.45, 7) is 0. The summed E-state index contributed by atoms with van der Waals surface area (Å²) in [5, 5.41) is 0.187. The van der Waals surface area contributed by atoms with Gasteiger partial charge in [0.1, 0.15) is 0 Å². The zero-order valence-corrected chi connectivity index (χ0v) is 9.31. The van der Waals surface area contributed by atoms with Crippen LogP contribution >= 0.6 is 11.6 Å². The van der Waals surface area contributed by atoms with Crippen LogP contribution < -0.4 is 9.47 Å². The number of rotatable bonds is 3. The van der Waals surface area contributed by atoms with Crippen molar-refractivity contribution < 1.29 is 9.47 Å². The molecule has 0 aliphatic heterocycles. The number of ether oxygens (including phenoxy) is 2. The van der Waals surface area contributed by atoms with Crippen molar-refractivity contribution in [3.8, 4) is 17.2 Å². The zero-order chi connectivity index (χ0) is 11.4. The molecular weight excluding hydrogens is 228 g/mol. The maximum atomic E-state index is 5.57. The molecule has 0 saturated carbocycles. The molecule has 0 saturated heterocycles. The summed E-state index contributed by atoms with van der Waals surface area (Å²) in [7, 11) is 1.58. The summed E-state index contributed by atoms with van der Waals surface area (Å²) < 4.78 is 10.7. The first kappa shape index (κ1) is 10.7. The molecule has 82 valence electrons. The van der Waals surface area contributed by atoms with Crippen molar-refractivity contribution in [2.24, 2.45) is 0 Å². The van der Waals surface area contributed by atoms with Crippen molar-refractivity contribution in [3.63, 3.8) is 0 Å². The van der Waals surface area contributed by atoms with Gasteiger partial charge in [-0.2, -0.15) is 0 Å². The smallest absolute Gasteiger partial charge is 0.222 e. The number of halogens is 1. The highest BCUT2D eigenvalue weighted by atomic mass is 35.5. The van der Waals surface area contributed by atoms with E-state index >= 15 is 0 Å². The van der Waals surface area contributed by atoms with Gasteiger partial charge in [-0.3, -0.25) is 0 Å². The molecule has 0 aliphatic carbocycles. The Hall–Kier alpha value is -1.81. The standard InChI is InChI=1S/C11H9ClN2O2/c1-15-9-4-2-3-5-10(9)16-8-6-13-11(12)14-7-8/h2-7H,1H3.